The number of rotatable bonds is 7. The number of hydrogen-bond acceptors (Lipinski definition) is 4. The van der Waals surface area contributed by atoms with Gasteiger partial charge in [-0.25, -0.2) is 19.9 Å². The molecule has 328 valence electrons. The maximum Gasteiger partial charge on any atom is 0.164 e. The van der Waals surface area contributed by atoms with Crippen LogP contribution < -0.4 is 0 Å². The van der Waals surface area contributed by atoms with E-state index in [2.05, 4.69) is 214 Å². The minimum Gasteiger partial charge on any atom is -0.292 e. The highest BCUT2D eigenvalue weighted by Gasteiger charge is 2.37. The van der Waals surface area contributed by atoms with E-state index in [1.165, 1.54) is 44.5 Å². The van der Waals surface area contributed by atoms with Gasteiger partial charge in [0.05, 0.1) is 11.0 Å². The van der Waals surface area contributed by atoms with Crippen LogP contribution in [0.4, 0.5) is 0 Å². The summed E-state index contributed by atoms with van der Waals surface area (Å²) in [5.41, 5.74) is 21.5. The molecule has 0 atom stereocenters. The molecule has 9 aromatic carbocycles. The van der Waals surface area contributed by atoms with E-state index in [1.54, 1.807) is 0 Å². The number of aromatic nitrogens is 5. The van der Waals surface area contributed by atoms with Gasteiger partial charge in [-0.2, -0.15) is 0 Å². The van der Waals surface area contributed by atoms with E-state index in [1.807, 2.05) is 30.3 Å². The molecule has 0 saturated heterocycles. The smallest absolute Gasteiger partial charge is 0.164 e. The number of para-hydroxylation sites is 2. The van der Waals surface area contributed by atoms with Crippen LogP contribution in [0, 0.1) is 0 Å². The van der Waals surface area contributed by atoms with E-state index in [-0.39, 0.29) is 10.8 Å². The van der Waals surface area contributed by atoms with Crippen molar-refractivity contribution in [3.8, 4) is 95.7 Å². The van der Waals surface area contributed by atoms with Crippen molar-refractivity contribution in [2.24, 2.45) is 0 Å². The molecule has 0 saturated carbocycles. The lowest BCUT2D eigenvalue weighted by atomic mass is 9.81. The van der Waals surface area contributed by atoms with Crippen molar-refractivity contribution in [1.82, 2.24) is 24.5 Å². The molecule has 5 nitrogen and oxygen atoms in total. The Hall–Kier alpha value is -8.54. The zero-order chi connectivity index (χ0) is 46.4. The molecule has 2 aromatic heterocycles. The summed E-state index contributed by atoms with van der Waals surface area (Å²) in [6, 6.07) is 76.0. The van der Waals surface area contributed by atoms with E-state index < -0.39 is 0 Å². The molecular formula is C64H47N5. The molecule has 0 spiro atoms. The quantitative estimate of drug-likeness (QED) is 0.160. The topological polar surface area (TPSA) is 56.5 Å². The van der Waals surface area contributed by atoms with Gasteiger partial charge in [0.2, 0.25) is 0 Å². The summed E-state index contributed by atoms with van der Waals surface area (Å²) in [6.45, 7) is 9.38. The Balaban J connectivity index is 1.01. The molecule has 69 heavy (non-hydrogen) atoms. The van der Waals surface area contributed by atoms with Gasteiger partial charge in [0.1, 0.15) is 5.82 Å². The van der Waals surface area contributed by atoms with Crippen molar-refractivity contribution in [3.63, 3.8) is 0 Å². The third-order valence-electron chi connectivity index (χ3n) is 14.6. The molecule has 0 bridgehead atoms. The van der Waals surface area contributed by atoms with Crippen LogP contribution in [0.2, 0.25) is 0 Å². The van der Waals surface area contributed by atoms with Crippen LogP contribution >= 0.6 is 0 Å². The lowest BCUT2D eigenvalue weighted by molar-refractivity contribution is 0.660. The number of hydrogen-bond donors (Lipinski definition) is 0. The normalized spacial score (nSPS) is 13.7. The number of nitrogens with zero attached hydrogens (tertiary/aromatic N) is 5. The second-order valence-electron chi connectivity index (χ2n) is 19.5. The Morgan fingerprint density at radius 1 is 0.304 bits per heavy atom. The zero-order valence-corrected chi connectivity index (χ0v) is 38.9. The summed E-state index contributed by atoms with van der Waals surface area (Å²) in [6.07, 6.45) is 0. The first-order chi connectivity index (χ1) is 33.7. The standard InChI is InChI=1S/C64H47N5/c1-63(2)53-26-13-11-24-49(53)51-32-30-42(38-55(51)63)45-34-46(43-31-33-52-50-25-12-14-27-54(50)64(3,4)56(52)39-43)36-47(35-45)61-67-59(40-18-7-5-8-19-40)66-60(68-61)44-22-17-23-48(37-44)69-58-29-16-15-28-57(58)65-62(69)41-20-9-6-10-21-41/h5-39H,1-4H3. The Morgan fingerprint density at radius 2 is 0.768 bits per heavy atom. The predicted molar refractivity (Wildman–Crippen MR) is 282 cm³/mol. The van der Waals surface area contributed by atoms with E-state index in [0.29, 0.717) is 17.5 Å². The van der Waals surface area contributed by atoms with Crippen LogP contribution in [-0.2, 0) is 10.8 Å². The predicted octanol–water partition coefficient (Wildman–Crippen LogP) is 15.8. The molecule has 11 aromatic rings. The minimum atomic E-state index is -0.143. The van der Waals surface area contributed by atoms with Crippen molar-refractivity contribution in [2.45, 2.75) is 38.5 Å². The molecule has 5 heteroatoms. The maximum absolute atomic E-state index is 5.40. The summed E-state index contributed by atoms with van der Waals surface area (Å²) in [4.78, 5) is 21.1. The number of imidazole rings is 1. The van der Waals surface area contributed by atoms with Gasteiger partial charge in [-0.05, 0) is 121 Å². The summed E-state index contributed by atoms with van der Waals surface area (Å²) < 4.78 is 2.23. The van der Waals surface area contributed by atoms with Crippen molar-refractivity contribution >= 4 is 11.0 Å². The zero-order valence-electron chi connectivity index (χ0n) is 38.9. The SMILES string of the molecule is CC1(C)c2ccccc2-c2ccc(-c3cc(-c4ccc5c(c4)C(C)(C)c4ccccc4-5)cc(-c4nc(-c5ccccc5)nc(-c5cccc(-n6c(-c7ccccc7)nc7ccccc76)c5)n4)c3)cc21. The molecule has 0 aliphatic heterocycles. The number of benzene rings is 9. The summed E-state index contributed by atoms with van der Waals surface area (Å²) in [7, 11) is 0. The molecular weight excluding hydrogens is 839 g/mol. The highest BCUT2D eigenvalue weighted by atomic mass is 15.1. The summed E-state index contributed by atoms with van der Waals surface area (Å²) in [5, 5.41) is 0. The fraction of sp³-hybridized carbons (Fsp3) is 0.0938. The van der Waals surface area contributed by atoms with Gasteiger partial charge < -0.3 is 0 Å². The lowest BCUT2D eigenvalue weighted by Crippen LogP contribution is -2.15. The maximum atomic E-state index is 5.40. The average molecular weight is 886 g/mol. The van der Waals surface area contributed by atoms with Crippen LogP contribution in [-0.4, -0.2) is 24.5 Å². The van der Waals surface area contributed by atoms with Gasteiger partial charge in [0, 0.05) is 38.8 Å². The van der Waals surface area contributed by atoms with Gasteiger partial charge in [0.25, 0.3) is 0 Å². The minimum absolute atomic E-state index is 0.143. The van der Waals surface area contributed by atoms with Gasteiger partial charge >= 0.3 is 0 Å². The molecule has 2 aliphatic rings. The van der Waals surface area contributed by atoms with E-state index in [9.17, 15) is 0 Å². The Labute approximate surface area is 402 Å². The van der Waals surface area contributed by atoms with Crippen molar-refractivity contribution in [1.29, 1.82) is 0 Å². The first-order valence-corrected chi connectivity index (χ1v) is 23.8. The van der Waals surface area contributed by atoms with Crippen molar-refractivity contribution in [2.75, 3.05) is 0 Å². The van der Waals surface area contributed by atoms with Crippen LogP contribution in [0.5, 0.6) is 0 Å². The molecule has 13 rings (SSSR count). The highest BCUT2D eigenvalue weighted by Crippen LogP contribution is 2.51. The Morgan fingerprint density at radius 3 is 1.38 bits per heavy atom. The Kier molecular flexibility index (Phi) is 9.15. The molecule has 2 heterocycles. The Bertz CT molecular complexity index is 3720. The second-order valence-corrected chi connectivity index (χ2v) is 19.5. The molecule has 0 N–H and O–H groups in total. The van der Waals surface area contributed by atoms with Crippen LogP contribution in [0.1, 0.15) is 49.9 Å². The third-order valence-corrected chi connectivity index (χ3v) is 14.6. The molecule has 0 fully saturated rings. The first kappa shape index (κ1) is 40.7. The summed E-state index contributed by atoms with van der Waals surface area (Å²) in [5.74, 6) is 2.68. The monoisotopic (exact) mass is 885 g/mol. The van der Waals surface area contributed by atoms with Crippen molar-refractivity contribution in [3.05, 3.63) is 235 Å². The molecule has 0 amide bonds. The second kappa shape index (κ2) is 15.5. The van der Waals surface area contributed by atoms with Gasteiger partial charge in [-0.3, -0.25) is 4.57 Å². The molecule has 0 radical (unpaired) electrons. The first-order valence-electron chi connectivity index (χ1n) is 23.8. The van der Waals surface area contributed by atoms with Crippen LogP contribution in [0.3, 0.4) is 0 Å². The van der Waals surface area contributed by atoms with E-state index >= 15 is 0 Å². The molecule has 2 aliphatic carbocycles. The third kappa shape index (κ3) is 6.60. The molecule has 0 unspecified atom stereocenters. The van der Waals surface area contributed by atoms with Gasteiger partial charge in [-0.1, -0.05) is 185 Å². The van der Waals surface area contributed by atoms with Crippen LogP contribution in [0.25, 0.3) is 107 Å². The van der Waals surface area contributed by atoms with Crippen molar-refractivity contribution < 1.29 is 0 Å². The lowest BCUT2D eigenvalue weighted by Gasteiger charge is -2.22. The van der Waals surface area contributed by atoms with E-state index in [0.717, 1.165) is 67.1 Å². The van der Waals surface area contributed by atoms with Gasteiger partial charge in [-0.15, -0.1) is 0 Å². The fourth-order valence-corrected chi connectivity index (χ4v) is 11.1. The fourth-order valence-electron chi connectivity index (χ4n) is 11.1. The van der Waals surface area contributed by atoms with E-state index in [4.69, 9.17) is 19.9 Å². The highest BCUT2D eigenvalue weighted by molar-refractivity contribution is 5.89. The van der Waals surface area contributed by atoms with Gasteiger partial charge in [0.15, 0.2) is 17.5 Å². The number of fused-ring (bicyclic) bond motifs is 7. The van der Waals surface area contributed by atoms with Crippen LogP contribution in [0.15, 0.2) is 212 Å². The largest absolute Gasteiger partial charge is 0.292 e. The summed E-state index contributed by atoms with van der Waals surface area (Å²) >= 11 is 0. The average Bonchev–Trinajstić information content (AvgIpc) is 3.99.